The fraction of sp³-hybridized carbons (Fsp3) is 0.222. The van der Waals surface area contributed by atoms with Crippen LogP contribution in [-0.4, -0.2) is 19.1 Å². The molecular weight excluding hydrogens is 292 g/mol. The standard InChI is InChI=1S/C18H18N2O3/c1-13(23-16-8-5-6-14(10-16)11-19)18(21)20-12-15-7-3-4-9-17(15)22-2/h3-10,13H,12H2,1-2H3,(H,20,21)/t13-/m0/s1. The summed E-state index contributed by atoms with van der Waals surface area (Å²) in [6.45, 7) is 2.02. The third kappa shape index (κ3) is 4.48. The maximum absolute atomic E-state index is 12.1. The number of carbonyl (C=O) groups is 1. The van der Waals surface area contributed by atoms with Gasteiger partial charge in [-0.05, 0) is 31.2 Å². The van der Waals surface area contributed by atoms with Crippen LogP contribution in [-0.2, 0) is 11.3 Å². The van der Waals surface area contributed by atoms with Crippen molar-refractivity contribution in [1.82, 2.24) is 5.32 Å². The quantitative estimate of drug-likeness (QED) is 0.890. The smallest absolute Gasteiger partial charge is 0.261 e. The van der Waals surface area contributed by atoms with Crippen LogP contribution in [0.2, 0.25) is 0 Å². The fourth-order valence-corrected chi connectivity index (χ4v) is 2.07. The molecule has 0 aliphatic rings. The molecule has 0 aromatic heterocycles. The number of carbonyl (C=O) groups excluding carboxylic acids is 1. The molecule has 5 nitrogen and oxygen atoms in total. The molecule has 0 unspecified atom stereocenters. The molecule has 1 atom stereocenters. The number of benzene rings is 2. The van der Waals surface area contributed by atoms with Crippen molar-refractivity contribution in [2.45, 2.75) is 19.6 Å². The van der Waals surface area contributed by atoms with Gasteiger partial charge in [-0.15, -0.1) is 0 Å². The van der Waals surface area contributed by atoms with E-state index in [9.17, 15) is 4.79 Å². The minimum Gasteiger partial charge on any atom is -0.496 e. The first-order valence-corrected chi connectivity index (χ1v) is 7.20. The van der Waals surface area contributed by atoms with Gasteiger partial charge in [0.25, 0.3) is 5.91 Å². The predicted octanol–water partition coefficient (Wildman–Crippen LogP) is 2.65. The van der Waals surface area contributed by atoms with Gasteiger partial charge in [-0.2, -0.15) is 5.26 Å². The molecule has 2 aromatic carbocycles. The average Bonchev–Trinajstić information content (AvgIpc) is 2.59. The summed E-state index contributed by atoms with van der Waals surface area (Å²) >= 11 is 0. The topological polar surface area (TPSA) is 71.3 Å². The molecule has 1 N–H and O–H groups in total. The second-order valence-corrected chi connectivity index (χ2v) is 4.93. The third-order valence-electron chi connectivity index (χ3n) is 3.29. The lowest BCUT2D eigenvalue weighted by Crippen LogP contribution is -2.36. The first-order chi connectivity index (χ1) is 11.1. The van der Waals surface area contributed by atoms with Crippen molar-refractivity contribution in [2.75, 3.05) is 7.11 Å². The Morgan fingerprint density at radius 1 is 1.26 bits per heavy atom. The number of para-hydroxylation sites is 1. The lowest BCUT2D eigenvalue weighted by molar-refractivity contribution is -0.127. The molecule has 0 fully saturated rings. The molecule has 1 amide bonds. The maximum Gasteiger partial charge on any atom is 0.261 e. The fourth-order valence-electron chi connectivity index (χ4n) is 2.07. The molecule has 0 saturated heterocycles. The van der Waals surface area contributed by atoms with E-state index in [1.165, 1.54) is 0 Å². The van der Waals surface area contributed by atoms with Crippen LogP contribution in [0.1, 0.15) is 18.1 Å². The van der Waals surface area contributed by atoms with E-state index in [2.05, 4.69) is 5.32 Å². The van der Waals surface area contributed by atoms with Crippen molar-refractivity contribution in [3.05, 3.63) is 59.7 Å². The molecule has 118 valence electrons. The van der Waals surface area contributed by atoms with Gasteiger partial charge in [0.2, 0.25) is 0 Å². The summed E-state index contributed by atoms with van der Waals surface area (Å²) in [4.78, 5) is 12.1. The highest BCUT2D eigenvalue weighted by Gasteiger charge is 2.15. The van der Waals surface area contributed by atoms with Crippen LogP contribution in [0.3, 0.4) is 0 Å². The van der Waals surface area contributed by atoms with E-state index in [0.29, 0.717) is 17.9 Å². The second-order valence-electron chi connectivity index (χ2n) is 4.93. The van der Waals surface area contributed by atoms with E-state index in [1.807, 2.05) is 30.3 Å². The Hall–Kier alpha value is -3.00. The lowest BCUT2D eigenvalue weighted by atomic mass is 10.2. The highest BCUT2D eigenvalue weighted by atomic mass is 16.5. The molecule has 2 rings (SSSR count). The summed E-state index contributed by atoms with van der Waals surface area (Å²) < 4.78 is 10.8. The molecule has 2 aromatic rings. The molecule has 0 aliphatic carbocycles. The number of amides is 1. The van der Waals surface area contributed by atoms with Crippen molar-refractivity contribution in [3.63, 3.8) is 0 Å². The number of nitrogens with zero attached hydrogens (tertiary/aromatic N) is 1. The van der Waals surface area contributed by atoms with Crippen molar-refractivity contribution in [3.8, 4) is 17.6 Å². The number of nitrogens with one attached hydrogen (secondary N) is 1. The van der Waals surface area contributed by atoms with Crippen LogP contribution >= 0.6 is 0 Å². The van der Waals surface area contributed by atoms with Gasteiger partial charge in [0.1, 0.15) is 11.5 Å². The van der Waals surface area contributed by atoms with Crippen molar-refractivity contribution in [1.29, 1.82) is 5.26 Å². The molecule has 0 radical (unpaired) electrons. The van der Waals surface area contributed by atoms with Crippen LogP contribution in [0.5, 0.6) is 11.5 Å². The molecule has 0 spiro atoms. The van der Waals surface area contributed by atoms with Gasteiger partial charge in [-0.1, -0.05) is 24.3 Å². The van der Waals surface area contributed by atoms with Crippen LogP contribution in [0, 0.1) is 11.3 Å². The number of methoxy groups -OCH3 is 1. The summed E-state index contributed by atoms with van der Waals surface area (Å²) in [5, 5.41) is 11.7. The summed E-state index contributed by atoms with van der Waals surface area (Å²) in [5.74, 6) is 0.977. The molecule has 0 aliphatic heterocycles. The number of nitriles is 1. The Morgan fingerprint density at radius 3 is 2.78 bits per heavy atom. The predicted molar refractivity (Wildman–Crippen MR) is 86.1 cm³/mol. The molecule has 0 saturated carbocycles. The van der Waals surface area contributed by atoms with Crippen LogP contribution < -0.4 is 14.8 Å². The molecular formula is C18H18N2O3. The van der Waals surface area contributed by atoms with E-state index in [4.69, 9.17) is 14.7 Å². The van der Waals surface area contributed by atoms with E-state index >= 15 is 0 Å². The average molecular weight is 310 g/mol. The number of hydrogen-bond acceptors (Lipinski definition) is 4. The van der Waals surface area contributed by atoms with Gasteiger partial charge in [0.15, 0.2) is 6.10 Å². The SMILES string of the molecule is COc1ccccc1CNC(=O)[C@H](C)Oc1cccc(C#N)c1. The molecule has 0 heterocycles. The third-order valence-corrected chi connectivity index (χ3v) is 3.29. The van der Waals surface area contributed by atoms with Gasteiger partial charge in [-0.3, -0.25) is 4.79 Å². The highest BCUT2D eigenvalue weighted by Crippen LogP contribution is 2.17. The highest BCUT2D eigenvalue weighted by molar-refractivity contribution is 5.80. The molecule has 0 bridgehead atoms. The Labute approximate surface area is 135 Å². The number of hydrogen-bond donors (Lipinski definition) is 1. The summed E-state index contributed by atoms with van der Waals surface area (Å²) in [6, 6.07) is 16.2. The Kier molecular flexibility index (Phi) is 5.59. The van der Waals surface area contributed by atoms with Crippen LogP contribution in [0.15, 0.2) is 48.5 Å². The van der Waals surface area contributed by atoms with Gasteiger partial charge in [0.05, 0.1) is 18.7 Å². The largest absolute Gasteiger partial charge is 0.496 e. The van der Waals surface area contributed by atoms with Crippen LogP contribution in [0.25, 0.3) is 0 Å². The van der Waals surface area contributed by atoms with Gasteiger partial charge in [-0.25, -0.2) is 0 Å². The minimum atomic E-state index is -0.668. The maximum atomic E-state index is 12.1. The van der Waals surface area contributed by atoms with E-state index in [-0.39, 0.29) is 5.91 Å². The Morgan fingerprint density at radius 2 is 2.04 bits per heavy atom. The Balaban J connectivity index is 1.93. The minimum absolute atomic E-state index is 0.238. The van der Waals surface area contributed by atoms with Gasteiger partial charge < -0.3 is 14.8 Å². The van der Waals surface area contributed by atoms with Crippen molar-refractivity contribution < 1.29 is 14.3 Å². The zero-order valence-electron chi connectivity index (χ0n) is 13.1. The zero-order valence-corrected chi connectivity index (χ0v) is 13.1. The number of ether oxygens (including phenoxy) is 2. The van der Waals surface area contributed by atoms with Crippen LogP contribution in [0.4, 0.5) is 0 Å². The first kappa shape index (κ1) is 16.4. The van der Waals surface area contributed by atoms with E-state index in [0.717, 1.165) is 11.3 Å². The zero-order chi connectivity index (χ0) is 16.7. The molecule has 23 heavy (non-hydrogen) atoms. The normalized spacial score (nSPS) is 11.2. The molecule has 5 heteroatoms. The van der Waals surface area contributed by atoms with Gasteiger partial charge in [0, 0.05) is 12.1 Å². The summed E-state index contributed by atoms with van der Waals surface area (Å²) in [6.07, 6.45) is -0.668. The monoisotopic (exact) mass is 310 g/mol. The first-order valence-electron chi connectivity index (χ1n) is 7.20. The van der Waals surface area contributed by atoms with E-state index < -0.39 is 6.10 Å². The summed E-state index contributed by atoms with van der Waals surface area (Å²) in [5.41, 5.74) is 1.38. The van der Waals surface area contributed by atoms with Gasteiger partial charge >= 0.3 is 0 Å². The second kappa shape index (κ2) is 7.85. The summed E-state index contributed by atoms with van der Waals surface area (Å²) in [7, 11) is 1.59. The Bertz CT molecular complexity index is 722. The lowest BCUT2D eigenvalue weighted by Gasteiger charge is -2.15. The van der Waals surface area contributed by atoms with Crippen molar-refractivity contribution >= 4 is 5.91 Å². The number of rotatable bonds is 6. The van der Waals surface area contributed by atoms with Crippen molar-refractivity contribution in [2.24, 2.45) is 0 Å². The van der Waals surface area contributed by atoms with E-state index in [1.54, 1.807) is 38.3 Å².